The zero-order valence-electron chi connectivity index (χ0n) is 15.5. The zero-order valence-corrected chi connectivity index (χ0v) is 15.5. The molecule has 0 heterocycles. The SMILES string of the molecule is CCCCCCCCCCC#CCOC(=O)CCCC(=O)OCC. The van der Waals surface area contributed by atoms with Crippen molar-refractivity contribution in [2.24, 2.45) is 0 Å². The molecular formula is C20H34O4. The first-order valence-electron chi connectivity index (χ1n) is 9.47. The van der Waals surface area contributed by atoms with Crippen LogP contribution in [0.4, 0.5) is 0 Å². The summed E-state index contributed by atoms with van der Waals surface area (Å²) in [6.07, 6.45) is 12.2. The van der Waals surface area contributed by atoms with E-state index in [0.717, 1.165) is 12.8 Å². The van der Waals surface area contributed by atoms with Gasteiger partial charge < -0.3 is 9.47 Å². The van der Waals surface area contributed by atoms with E-state index in [0.29, 0.717) is 13.0 Å². The zero-order chi connectivity index (χ0) is 17.9. The van der Waals surface area contributed by atoms with E-state index >= 15 is 0 Å². The molecule has 0 atom stereocenters. The molecular weight excluding hydrogens is 304 g/mol. The first kappa shape index (κ1) is 22.5. The highest BCUT2D eigenvalue weighted by Crippen LogP contribution is 2.09. The van der Waals surface area contributed by atoms with E-state index in [9.17, 15) is 9.59 Å². The van der Waals surface area contributed by atoms with Crippen LogP contribution in [0.3, 0.4) is 0 Å². The summed E-state index contributed by atoms with van der Waals surface area (Å²) in [4.78, 5) is 22.5. The lowest BCUT2D eigenvalue weighted by atomic mass is 10.1. The average molecular weight is 338 g/mol. The number of carbonyl (C=O) groups is 2. The van der Waals surface area contributed by atoms with Gasteiger partial charge in [0.1, 0.15) is 0 Å². The normalized spacial score (nSPS) is 9.92. The number of ether oxygens (including phenoxy) is 2. The van der Waals surface area contributed by atoms with Crippen molar-refractivity contribution in [2.45, 2.75) is 90.9 Å². The Morgan fingerprint density at radius 1 is 0.708 bits per heavy atom. The molecule has 4 nitrogen and oxygen atoms in total. The summed E-state index contributed by atoms with van der Waals surface area (Å²) in [5, 5.41) is 0. The van der Waals surface area contributed by atoms with Gasteiger partial charge in [0.2, 0.25) is 0 Å². The van der Waals surface area contributed by atoms with E-state index in [1.165, 1.54) is 44.9 Å². The van der Waals surface area contributed by atoms with Gasteiger partial charge in [0.05, 0.1) is 6.61 Å². The highest BCUT2D eigenvalue weighted by atomic mass is 16.5. The Labute approximate surface area is 147 Å². The molecule has 0 radical (unpaired) electrons. The minimum Gasteiger partial charge on any atom is -0.466 e. The van der Waals surface area contributed by atoms with Crippen molar-refractivity contribution in [3.05, 3.63) is 0 Å². The molecule has 24 heavy (non-hydrogen) atoms. The van der Waals surface area contributed by atoms with Crippen LogP contribution < -0.4 is 0 Å². The van der Waals surface area contributed by atoms with Gasteiger partial charge in [0.25, 0.3) is 0 Å². The smallest absolute Gasteiger partial charge is 0.306 e. The fourth-order valence-electron chi connectivity index (χ4n) is 2.29. The average Bonchev–Trinajstić information content (AvgIpc) is 2.56. The summed E-state index contributed by atoms with van der Waals surface area (Å²) in [7, 11) is 0. The quantitative estimate of drug-likeness (QED) is 0.259. The Bertz CT molecular complexity index is 379. The summed E-state index contributed by atoms with van der Waals surface area (Å²) in [6, 6.07) is 0. The number of esters is 2. The molecule has 0 unspecified atom stereocenters. The van der Waals surface area contributed by atoms with Crippen molar-refractivity contribution in [2.75, 3.05) is 13.2 Å². The predicted molar refractivity (Wildman–Crippen MR) is 96.4 cm³/mol. The van der Waals surface area contributed by atoms with Gasteiger partial charge in [-0.1, -0.05) is 63.7 Å². The van der Waals surface area contributed by atoms with Crippen LogP contribution in [0, 0.1) is 11.8 Å². The molecule has 0 aliphatic heterocycles. The molecule has 0 fully saturated rings. The van der Waals surface area contributed by atoms with Gasteiger partial charge in [0.15, 0.2) is 6.61 Å². The molecule has 0 aromatic carbocycles. The Hall–Kier alpha value is -1.50. The van der Waals surface area contributed by atoms with Crippen molar-refractivity contribution >= 4 is 11.9 Å². The van der Waals surface area contributed by atoms with Gasteiger partial charge in [0, 0.05) is 19.3 Å². The lowest BCUT2D eigenvalue weighted by Gasteiger charge is -2.01. The minimum atomic E-state index is -0.305. The number of unbranched alkanes of at least 4 members (excludes halogenated alkanes) is 8. The summed E-state index contributed by atoms with van der Waals surface area (Å²) in [5.74, 6) is 5.34. The van der Waals surface area contributed by atoms with E-state index in [2.05, 4.69) is 18.8 Å². The molecule has 0 N–H and O–H groups in total. The predicted octanol–water partition coefficient (Wildman–Crippen LogP) is 4.80. The van der Waals surface area contributed by atoms with E-state index in [1.54, 1.807) is 6.92 Å². The maximum absolute atomic E-state index is 11.4. The number of hydrogen-bond acceptors (Lipinski definition) is 4. The number of carbonyl (C=O) groups excluding carboxylic acids is 2. The Morgan fingerprint density at radius 3 is 1.92 bits per heavy atom. The lowest BCUT2D eigenvalue weighted by molar-refractivity contribution is -0.144. The van der Waals surface area contributed by atoms with Crippen molar-refractivity contribution in [1.29, 1.82) is 0 Å². The van der Waals surface area contributed by atoms with E-state index < -0.39 is 0 Å². The largest absolute Gasteiger partial charge is 0.466 e. The monoisotopic (exact) mass is 338 g/mol. The molecule has 0 saturated heterocycles. The second-order valence-corrected chi connectivity index (χ2v) is 5.90. The van der Waals surface area contributed by atoms with Crippen LogP contribution in [0.15, 0.2) is 0 Å². The minimum absolute atomic E-state index is 0.148. The van der Waals surface area contributed by atoms with Crippen LogP contribution in [0.5, 0.6) is 0 Å². The third-order valence-corrected chi connectivity index (χ3v) is 3.65. The maximum atomic E-state index is 11.4. The summed E-state index contributed by atoms with van der Waals surface area (Å²) in [6.45, 7) is 4.52. The Kier molecular flexibility index (Phi) is 16.7. The van der Waals surface area contributed by atoms with Crippen LogP contribution in [0.25, 0.3) is 0 Å². The second kappa shape index (κ2) is 17.8. The Balaban J connectivity index is 3.37. The number of rotatable bonds is 14. The van der Waals surface area contributed by atoms with Gasteiger partial charge in [-0.15, -0.1) is 0 Å². The van der Waals surface area contributed by atoms with Crippen LogP contribution in [0.2, 0.25) is 0 Å². The standard InChI is InChI=1S/C20H34O4/c1-3-5-6-7-8-9-10-11-12-13-14-18-24-20(22)17-15-16-19(21)23-4-2/h3-12,15-18H2,1-2H3. The fourth-order valence-corrected chi connectivity index (χ4v) is 2.29. The maximum Gasteiger partial charge on any atom is 0.306 e. The molecule has 0 bridgehead atoms. The van der Waals surface area contributed by atoms with Gasteiger partial charge in [-0.2, -0.15) is 0 Å². The molecule has 0 aromatic heterocycles. The van der Waals surface area contributed by atoms with Crippen LogP contribution in [0.1, 0.15) is 90.9 Å². The van der Waals surface area contributed by atoms with Crippen molar-refractivity contribution in [1.82, 2.24) is 0 Å². The third kappa shape index (κ3) is 16.9. The van der Waals surface area contributed by atoms with Crippen molar-refractivity contribution in [3.63, 3.8) is 0 Å². The highest BCUT2D eigenvalue weighted by molar-refractivity contribution is 5.72. The lowest BCUT2D eigenvalue weighted by Crippen LogP contribution is -2.08. The van der Waals surface area contributed by atoms with Gasteiger partial charge in [-0.25, -0.2) is 0 Å². The molecule has 0 amide bonds. The van der Waals surface area contributed by atoms with E-state index in [-0.39, 0.29) is 31.4 Å². The van der Waals surface area contributed by atoms with Crippen LogP contribution in [-0.2, 0) is 19.1 Å². The molecule has 0 spiro atoms. The summed E-state index contributed by atoms with van der Waals surface area (Å²) >= 11 is 0. The molecule has 138 valence electrons. The number of hydrogen-bond donors (Lipinski definition) is 0. The van der Waals surface area contributed by atoms with Crippen LogP contribution >= 0.6 is 0 Å². The van der Waals surface area contributed by atoms with Crippen molar-refractivity contribution in [3.8, 4) is 11.8 Å². The molecule has 0 aliphatic carbocycles. The topological polar surface area (TPSA) is 52.6 Å². The van der Waals surface area contributed by atoms with E-state index in [1.807, 2.05) is 0 Å². The highest BCUT2D eigenvalue weighted by Gasteiger charge is 2.05. The molecule has 0 saturated carbocycles. The fraction of sp³-hybridized carbons (Fsp3) is 0.800. The second-order valence-electron chi connectivity index (χ2n) is 5.90. The molecule has 0 aliphatic rings. The third-order valence-electron chi connectivity index (χ3n) is 3.65. The molecule has 4 heteroatoms. The van der Waals surface area contributed by atoms with Crippen LogP contribution in [-0.4, -0.2) is 25.2 Å². The van der Waals surface area contributed by atoms with Gasteiger partial charge in [-0.3, -0.25) is 9.59 Å². The van der Waals surface area contributed by atoms with Gasteiger partial charge >= 0.3 is 11.9 Å². The Morgan fingerprint density at radius 2 is 1.29 bits per heavy atom. The molecule has 0 aromatic rings. The summed E-state index contributed by atoms with van der Waals surface area (Å²) < 4.78 is 9.79. The first-order chi connectivity index (χ1) is 11.7. The first-order valence-corrected chi connectivity index (χ1v) is 9.47. The molecule has 0 rings (SSSR count). The van der Waals surface area contributed by atoms with Gasteiger partial charge in [-0.05, 0) is 19.8 Å². The summed E-state index contributed by atoms with van der Waals surface area (Å²) in [5.41, 5.74) is 0. The van der Waals surface area contributed by atoms with E-state index in [4.69, 9.17) is 9.47 Å². The van der Waals surface area contributed by atoms with Crippen molar-refractivity contribution < 1.29 is 19.1 Å².